The SMILES string of the molecule is CCC(C(=N)N)N1CCC(CC)(CC)CC1. The van der Waals surface area contributed by atoms with Crippen molar-refractivity contribution in [2.45, 2.75) is 58.9 Å². The Morgan fingerprint density at radius 1 is 1.25 bits per heavy atom. The molecule has 1 rings (SSSR count). The van der Waals surface area contributed by atoms with Crippen LogP contribution in [0.5, 0.6) is 0 Å². The van der Waals surface area contributed by atoms with E-state index >= 15 is 0 Å². The fourth-order valence-electron chi connectivity index (χ4n) is 2.94. The molecular weight excluding hydrogens is 198 g/mol. The first-order chi connectivity index (χ1) is 7.58. The molecule has 1 aliphatic rings. The summed E-state index contributed by atoms with van der Waals surface area (Å²) >= 11 is 0. The highest BCUT2D eigenvalue weighted by molar-refractivity contribution is 5.82. The van der Waals surface area contributed by atoms with Crippen LogP contribution >= 0.6 is 0 Å². The first-order valence-electron chi connectivity index (χ1n) is 6.66. The van der Waals surface area contributed by atoms with Gasteiger partial charge in [-0.05, 0) is 37.8 Å². The molecule has 1 fully saturated rings. The van der Waals surface area contributed by atoms with Gasteiger partial charge in [0.25, 0.3) is 0 Å². The smallest absolute Gasteiger partial charge is 0.108 e. The van der Waals surface area contributed by atoms with Gasteiger partial charge in [-0.15, -0.1) is 0 Å². The van der Waals surface area contributed by atoms with Crippen LogP contribution in [0, 0.1) is 10.8 Å². The quantitative estimate of drug-likeness (QED) is 0.558. The lowest BCUT2D eigenvalue weighted by Crippen LogP contribution is -2.49. The summed E-state index contributed by atoms with van der Waals surface area (Å²) in [6.45, 7) is 8.95. The molecule has 16 heavy (non-hydrogen) atoms. The van der Waals surface area contributed by atoms with Crippen molar-refractivity contribution in [3.8, 4) is 0 Å². The molecular formula is C13H27N3. The Balaban J connectivity index is 2.56. The number of piperidine rings is 1. The Morgan fingerprint density at radius 2 is 1.75 bits per heavy atom. The molecule has 0 aromatic heterocycles. The molecule has 0 saturated carbocycles. The van der Waals surface area contributed by atoms with Crippen LogP contribution in [0.25, 0.3) is 0 Å². The van der Waals surface area contributed by atoms with Crippen LogP contribution in [0.15, 0.2) is 0 Å². The molecule has 1 aliphatic heterocycles. The van der Waals surface area contributed by atoms with Crippen LogP contribution in [-0.2, 0) is 0 Å². The molecule has 0 aromatic rings. The fraction of sp³-hybridized carbons (Fsp3) is 0.923. The third-order valence-corrected chi connectivity index (χ3v) is 4.55. The van der Waals surface area contributed by atoms with Crippen molar-refractivity contribution >= 4 is 5.84 Å². The highest BCUT2D eigenvalue weighted by Crippen LogP contribution is 2.38. The molecule has 0 bridgehead atoms. The summed E-state index contributed by atoms with van der Waals surface area (Å²) < 4.78 is 0. The third kappa shape index (κ3) is 2.76. The minimum Gasteiger partial charge on any atom is -0.386 e. The molecule has 1 unspecified atom stereocenters. The van der Waals surface area contributed by atoms with E-state index in [4.69, 9.17) is 11.1 Å². The Labute approximate surface area is 99.9 Å². The molecule has 1 atom stereocenters. The monoisotopic (exact) mass is 225 g/mol. The van der Waals surface area contributed by atoms with Crippen molar-refractivity contribution in [1.29, 1.82) is 5.41 Å². The second-order valence-electron chi connectivity index (χ2n) is 5.12. The Bertz CT molecular complexity index is 223. The van der Waals surface area contributed by atoms with Crippen molar-refractivity contribution < 1.29 is 0 Å². The van der Waals surface area contributed by atoms with E-state index < -0.39 is 0 Å². The number of likely N-dealkylation sites (tertiary alicyclic amines) is 1. The Hall–Kier alpha value is -0.570. The normalized spacial score (nSPS) is 22.9. The van der Waals surface area contributed by atoms with Gasteiger partial charge in [-0.2, -0.15) is 0 Å². The van der Waals surface area contributed by atoms with E-state index in [0.717, 1.165) is 19.5 Å². The zero-order valence-electron chi connectivity index (χ0n) is 11.1. The van der Waals surface area contributed by atoms with Crippen LogP contribution in [0.1, 0.15) is 52.9 Å². The van der Waals surface area contributed by atoms with E-state index in [9.17, 15) is 0 Å². The number of hydrogen-bond acceptors (Lipinski definition) is 2. The minimum absolute atomic E-state index is 0.173. The van der Waals surface area contributed by atoms with Crippen molar-refractivity contribution in [3.63, 3.8) is 0 Å². The second-order valence-corrected chi connectivity index (χ2v) is 5.12. The van der Waals surface area contributed by atoms with E-state index in [1.54, 1.807) is 0 Å². The van der Waals surface area contributed by atoms with Gasteiger partial charge in [0.2, 0.25) is 0 Å². The van der Waals surface area contributed by atoms with E-state index in [2.05, 4.69) is 25.7 Å². The molecule has 3 heteroatoms. The lowest BCUT2D eigenvalue weighted by Gasteiger charge is -2.43. The van der Waals surface area contributed by atoms with Gasteiger partial charge in [0, 0.05) is 0 Å². The summed E-state index contributed by atoms with van der Waals surface area (Å²) in [6.07, 6.45) is 6.07. The van der Waals surface area contributed by atoms with E-state index in [-0.39, 0.29) is 6.04 Å². The predicted octanol–water partition coefficient (Wildman–Crippen LogP) is 2.60. The molecule has 1 heterocycles. The third-order valence-electron chi connectivity index (χ3n) is 4.55. The standard InChI is InChI=1S/C13H27N3/c1-4-11(12(14)15)16-9-7-13(5-2,6-3)8-10-16/h11H,4-10H2,1-3H3,(H3,14,15). The molecule has 0 amide bonds. The van der Waals surface area contributed by atoms with Crippen LogP contribution in [0.4, 0.5) is 0 Å². The van der Waals surface area contributed by atoms with E-state index in [1.807, 2.05) is 0 Å². The molecule has 0 radical (unpaired) electrons. The lowest BCUT2D eigenvalue weighted by molar-refractivity contribution is 0.0819. The summed E-state index contributed by atoms with van der Waals surface area (Å²) in [4.78, 5) is 2.39. The van der Waals surface area contributed by atoms with Crippen molar-refractivity contribution in [1.82, 2.24) is 4.90 Å². The van der Waals surface area contributed by atoms with Crippen molar-refractivity contribution in [3.05, 3.63) is 0 Å². The first-order valence-corrected chi connectivity index (χ1v) is 6.66. The van der Waals surface area contributed by atoms with E-state index in [0.29, 0.717) is 11.3 Å². The van der Waals surface area contributed by atoms with Crippen LogP contribution in [0.2, 0.25) is 0 Å². The average Bonchev–Trinajstić information content (AvgIpc) is 2.31. The van der Waals surface area contributed by atoms with Crippen molar-refractivity contribution in [2.24, 2.45) is 11.1 Å². The van der Waals surface area contributed by atoms with Gasteiger partial charge in [-0.1, -0.05) is 33.6 Å². The average molecular weight is 225 g/mol. The summed E-state index contributed by atoms with van der Waals surface area (Å²) in [5.74, 6) is 0.336. The second kappa shape index (κ2) is 5.67. The van der Waals surface area contributed by atoms with Gasteiger partial charge in [-0.3, -0.25) is 10.3 Å². The number of amidine groups is 1. The number of hydrogen-bond donors (Lipinski definition) is 2. The van der Waals surface area contributed by atoms with Crippen LogP contribution in [0.3, 0.4) is 0 Å². The topological polar surface area (TPSA) is 53.1 Å². The molecule has 0 aromatic carbocycles. The fourth-order valence-corrected chi connectivity index (χ4v) is 2.94. The highest BCUT2D eigenvalue weighted by Gasteiger charge is 2.33. The van der Waals surface area contributed by atoms with Gasteiger partial charge in [0.05, 0.1) is 6.04 Å². The lowest BCUT2D eigenvalue weighted by atomic mass is 9.74. The van der Waals surface area contributed by atoms with Crippen LogP contribution < -0.4 is 5.73 Å². The molecule has 1 saturated heterocycles. The molecule has 0 aliphatic carbocycles. The first kappa shape index (κ1) is 13.5. The highest BCUT2D eigenvalue weighted by atomic mass is 15.2. The molecule has 3 nitrogen and oxygen atoms in total. The Kier molecular flexibility index (Phi) is 4.78. The van der Waals surface area contributed by atoms with Gasteiger partial charge in [0.15, 0.2) is 0 Å². The zero-order chi connectivity index (χ0) is 12.2. The zero-order valence-corrected chi connectivity index (χ0v) is 11.1. The predicted molar refractivity (Wildman–Crippen MR) is 69.8 cm³/mol. The molecule has 0 spiro atoms. The summed E-state index contributed by atoms with van der Waals surface area (Å²) in [5.41, 5.74) is 6.21. The summed E-state index contributed by atoms with van der Waals surface area (Å²) in [5, 5.41) is 7.61. The maximum Gasteiger partial charge on any atom is 0.108 e. The number of nitrogens with one attached hydrogen (secondary N) is 1. The van der Waals surface area contributed by atoms with Gasteiger partial charge in [0.1, 0.15) is 5.84 Å². The van der Waals surface area contributed by atoms with Gasteiger partial charge < -0.3 is 5.73 Å². The summed E-state index contributed by atoms with van der Waals surface area (Å²) in [7, 11) is 0. The maximum atomic E-state index is 7.61. The van der Waals surface area contributed by atoms with Crippen LogP contribution in [-0.4, -0.2) is 29.9 Å². The van der Waals surface area contributed by atoms with Gasteiger partial charge >= 0.3 is 0 Å². The molecule has 3 N–H and O–H groups in total. The molecule has 94 valence electrons. The number of rotatable bonds is 5. The van der Waals surface area contributed by atoms with Gasteiger partial charge in [-0.25, -0.2) is 0 Å². The summed E-state index contributed by atoms with van der Waals surface area (Å²) in [6, 6.07) is 0.173. The van der Waals surface area contributed by atoms with Crippen molar-refractivity contribution in [2.75, 3.05) is 13.1 Å². The van der Waals surface area contributed by atoms with E-state index in [1.165, 1.54) is 25.7 Å². The number of nitrogens with zero attached hydrogens (tertiary/aromatic N) is 1. The maximum absolute atomic E-state index is 7.61. The minimum atomic E-state index is 0.173. The largest absolute Gasteiger partial charge is 0.386 e. The Morgan fingerprint density at radius 3 is 2.06 bits per heavy atom. The number of nitrogens with two attached hydrogens (primary N) is 1.